The number of Topliss-reactive ketones (excluding diaryl/α,β-unsaturated/α-hetero) is 5. The number of phenols is 1. The molecule has 2 saturated carbocycles. The van der Waals surface area contributed by atoms with Crippen molar-refractivity contribution in [2.24, 2.45) is 34.5 Å². The van der Waals surface area contributed by atoms with Gasteiger partial charge >= 0.3 is 0 Å². The molecule has 3 unspecified atom stereocenters. The van der Waals surface area contributed by atoms with Gasteiger partial charge in [0.1, 0.15) is 17.5 Å². The van der Waals surface area contributed by atoms with Crippen molar-refractivity contribution < 1.29 is 39.3 Å². The van der Waals surface area contributed by atoms with Crippen LogP contribution in [0.3, 0.4) is 0 Å². The lowest BCUT2D eigenvalue weighted by Gasteiger charge is -2.64. The molecule has 0 amide bonds. The van der Waals surface area contributed by atoms with Crippen molar-refractivity contribution in [3.63, 3.8) is 0 Å². The molecule has 8 heteroatoms. The summed E-state index contributed by atoms with van der Waals surface area (Å²) in [6.45, 7) is 7.30. The van der Waals surface area contributed by atoms with Gasteiger partial charge in [0.15, 0.2) is 28.7 Å². The molecule has 7 atom stereocenters. The van der Waals surface area contributed by atoms with Gasteiger partial charge in [0.25, 0.3) is 0 Å². The fraction of sp³-hybridized carbons (Fsp3) is 0.457. The monoisotopic (exact) mass is 584 g/mol. The number of aromatic hydroxyl groups is 1. The van der Waals surface area contributed by atoms with Crippen LogP contribution in [-0.4, -0.2) is 55.9 Å². The average molecular weight is 585 g/mol. The predicted molar refractivity (Wildman–Crippen MR) is 157 cm³/mol. The number of ketones is 5. The first-order chi connectivity index (χ1) is 20.1. The number of hydrogen-bond acceptors (Lipinski definition) is 8. The zero-order valence-electron chi connectivity index (χ0n) is 24.9. The Kier molecular flexibility index (Phi) is 6.39. The van der Waals surface area contributed by atoms with E-state index in [-0.39, 0.29) is 11.3 Å². The molecule has 6 rings (SSSR count). The zero-order chi connectivity index (χ0) is 31.4. The van der Waals surface area contributed by atoms with E-state index in [0.717, 1.165) is 31.7 Å². The normalized spacial score (nSPS) is 36.0. The van der Waals surface area contributed by atoms with E-state index in [9.17, 15) is 39.3 Å². The molecule has 224 valence electrons. The second kappa shape index (κ2) is 9.37. The molecule has 4 aliphatic rings. The molecule has 0 spiro atoms. The number of aryl methyl sites for hydroxylation is 2. The third-order valence-corrected chi connectivity index (χ3v) is 10.9. The lowest BCUT2D eigenvalue weighted by molar-refractivity contribution is -0.230. The first-order valence-corrected chi connectivity index (χ1v) is 14.9. The quantitative estimate of drug-likeness (QED) is 0.465. The van der Waals surface area contributed by atoms with Gasteiger partial charge in [-0.1, -0.05) is 64.1 Å². The summed E-state index contributed by atoms with van der Waals surface area (Å²) >= 11 is 0. The summed E-state index contributed by atoms with van der Waals surface area (Å²) < 4.78 is 0. The van der Waals surface area contributed by atoms with E-state index in [1.54, 1.807) is 39.0 Å². The Morgan fingerprint density at radius 1 is 1.00 bits per heavy atom. The van der Waals surface area contributed by atoms with Gasteiger partial charge in [-0.2, -0.15) is 0 Å². The molecule has 0 saturated heterocycles. The van der Waals surface area contributed by atoms with E-state index in [2.05, 4.69) is 0 Å². The van der Waals surface area contributed by atoms with E-state index >= 15 is 0 Å². The molecule has 8 nitrogen and oxygen atoms in total. The first kappa shape index (κ1) is 29.3. The topological polar surface area (TPSA) is 146 Å². The molecule has 3 N–H and O–H groups in total. The second-order valence-corrected chi connectivity index (χ2v) is 13.5. The van der Waals surface area contributed by atoms with Gasteiger partial charge < -0.3 is 15.3 Å². The van der Waals surface area contributed by atoms with E-state index in [1.165, 1.54) is 24.1 Å². The van der Waals surface area contributed by atoms with Gasteiger partial charge in [0, 0.05) is 16.7 Å². The van der Waals surface area contributed by atoms with Crippen LogP contribution in [0.15, 0.2) is 36.4 Å². The molecule has 0 radical (unpaired) electrons. The summed E-state index contributed by atoms with van der Waals surface area (Å²) in [6.07, 6.45) is 2.94. The van der Waals surface area contributed by atoms with Crippen LogP contribution in [-0.2, 0) is 32.0 Å². The van der Waals surface area contributed by atoms with Gasteiger partial charge in [0.2, 0.25) is 0 Å². The Balaban J connectivity index is 1.68. The molecule has 0 bridgehead atoms. The maximum absolute atomic E-state index is 14.7. The lowest BCUT2D eigenvalue weighted by atomic mass is 9.38. The highest BCUT2D eigenvalue weighted by Gasteiger charge is 2.80. The lowest BCUT2D eigenvalue weighted by Crippen LogP contribution is -2.81. The number of benzene rings is 2. The van der Waals surface area contributed by atoms with Crippen molar-refractivity contribution >= 4 is 40.6 Å². The van der Waals surface area contributed by atoms with Crippen LogP contribution in [0.25, 0.3) is 11.6 Å². The third kappa shape index (κ3) is 3.48. The Hall–Kier alpha value is -3.75. The van der Waals surface area contributed by atoms with Crippen LogP contribution in [0.5, 0.6) is 5.75 Å². The molecule has 0 aromatic heterocycles. The number of phenolic OH excluding ortho intramolecular Hbond substituents is 1. The van der Waals surface area contributed by atoms with Crippen LogP contribution in [0.4, 0.5) is 0 Å². The smallest absolute Gasteiger partial charge is 0.191 e. The van der Waals surface area contributed by atoms with Gasteiger partial charge in [-0.15, -0.1) is 0 Å². The first-order valence-electron chi connectivity index (χ1n) is 14.9. The fourth-order valence-electron chi connectivity index (χ4n) is 8.96. The molecule has 2 fully saturated rings. The SMILES string of the molecule is CC(=O)C1C(=O)C(C(C)C)[C@@]2(C)[C@H](O)[C@@]3(C)/C(=C/c4ccc5c(c4)CCC5)c4cccc(O)c4C(=O)C3C(=O)[C@@]2(O)C1=O. The minimum Gasteiger partial charge on any atom is -0.507 e. The van der Waals surface area contributed by atoms with Crippen LogP contribution < -0.4 is 0 Å². The summed E-state index contributed by atoms with van der Waals surface area (Å²) in [7, 11) is 0. The molecular formula is C35H36O8. The molecular weight excluding hydrogens is 548 g/mol. The number of carbonyl (C=O) groups excluding carboxylic acids is 5. The van der Waals surface area contributed by atoms with E-state index < -0.39 is 75.1 Å². The molecule has 4 aliphatic carbocycles. The number of hydrogen-bond donors (Lipinski definition) is 3. The largest absolute Gasteiger partial charge is 0.507 e. The van der Waals surface area contributed by atoms with Crippen molar-refractivity contribution in [3.8, 4) is 5.75 Å². The Morgan fingerprint density at radius 2 is 1.67 bits per heavy atom. The predicted octanol–water partition coefficient (Wildman–Crippen LogP) is 3.55. The highest BCUT2D eigenvalue weighted by atomic mass is 16.3. The van der Waals surface area contributed by atoms with Crippen molar-refractivity contribution in [2.75, 3.05) is 0 Å². The molecule has 43 heavy (non-hydrogen) atoms. The van der Waals surface area contributed by atoms with Crippen molar-refractivity contribution in [1.82, 2.24) is 0 Å². The molecule has 0 heterocycles. The number of fused-ring (bicyclic) bond motifs is 4. The van der Waals surface area contributed by atoms with Crippen molar-refractivity contribution in [1.29, 1.82) is 0 Å². The Bertz CT molecular complexity index is 1680. The summed E-state index contributed by atoms with van der Waals surface area (Å²) in [5.74, 6) is -10.8. The van der Waals surface area contributed by atoms with Gasteiger partial charge in [-0.25, -0.2) is 0 Å². The fourth-order valence-corrected chi connectivity index (χ4v) is 8.96. The van der Waals surface area contributed by atoms with Gasteiger partial charge in [0.05, 0.1) is 17.6 Å². The van der Waals surface area contributed by atoms with Crippen LogP contribution >= 0.6 is 0 Å². The van der Waals surface area contributed by atoms with Crippen LogP contribution in [0.2, 0.25) is 0 Å². The molecule has 0 aliphatic heterocycles. The van der Waals surface area contributed by atoms with Gasteiger partial charge in [-0.05, 0) is 66.0 Å². The van der Waals surface area contributed by atoms with Crippen molar-refractivity contribution in [2.45, 2.75) is 65.6 Å². The second-order valence-electron chi connectivity index (χ2n) is 13.5. The zero-order valence-corrected chi connectivity index (χ0v) is 24.9. The summed E-state index contributed by atoms with van der Waals surface area (Å²) in [4.78, 5) is 69.3. The van der Waals surface area contributed by atoms with E-state index in [4.69, 9.17) is 0 Å². The highest BCUT2D eigenvalue weighted by molar-refractivity contribution is 6.34. The highest BCUT2D eigenvalue weighted by Crippen LogP contribution is 2.66. The van der Waals surface area contributed by atoms with E-state index in [1.807, 2.05) is 18.2 Å². The standard InChI is InChI=1S/C35H36O8/c1-16(2)26-28(38)24(17(3)36)30(40)35(43)31(41)27-29(39)25-21(10-7-11-23(25)37)22(33(27,4)32(42)34(26,35)5)15-18-12-13-19-8-6-9-20(19)14-18/h7,10-16,24,26-27,32,37,42-43H,6,8-9H2,1-5H3/b22-15+/t24?,26?,27?,32-,33+,34+,35+/m1/s1. The van der Waals surface area contributed by atoms with Gasteiger partial charge in [-0.3, -0.25) is 24.0 Å². The average Bonchev–Trinajstić information content (AvgIpc) is 3.40. The van der Waals surface area contributed by atoms with Crippen LogP contribution in [0, 0.1) is 34.5 Å². The molecule has 2 aromatic rings. The third-order valence-electron chi connectivity index (χ3n) is 10.9. The van der Waals surface area contributed by atoms with Crippen molar-refractivity contribution in [3.05, 3.63) is 64.2 Å². The van der Waals surface area contributed by atoms with Crippen LogP contribution in [0.1, 0.15) is 73.7 Å². The minimum atomic E-state index is -3.01. The molecule has 2 aromatic carbocycles. The summed E-state index contributed by atoms with van der Waals surface area (Å²) in [6, 6.07) is 10.5. The Labute approximate surface area is 249 Å². The maximum Gasteiger partial charge on any atom is 0.191 e. The number of carbonyl (C=O) groups is 5. The number of aliphatic hydroxyl groups excluding tert-OH is 1. The number of rotatable bonds is 3. The summed E-state index contributed by atoms with van der Waals surface area (Å²) in [5.41, 5.74) is -3.06. The van der Waals surface area contributed by atoms with E-state index in [0.29, 0.717) is 11.1 Å². The summed E-state index contributed by atoms with van der Waals surface area (Å²) in [5, 5.41) is 35.7. The minimum absolute atomic E-state index is 0.145. The maximum atomic E-state index is 14.7. The Morgan fingerprint density at radius 3 is 2.33 bits per heavy atom. The number of aliphatic hydroxyl groups is 2.